The number of hydrogen-bond acceptors (Lipinski definition) is 6. The van der Waals surface area contributed by atoms with E-state index in [-0.39, 0.29) is 19.1 Å². The SMILES string of the molecule is CCC/C=C\CCCCCCCC(=O)NC(COP(=O)([O-])OCC[N+](C)(C)C)C(O)CCCCCCCCCCCC. The van der Waals surface area contributed by atoms with Gasteiger partial charge in [0.1, 0.15) is 13.2 Å². The maximum Gasteiger partial charge on any atom is 0.268 e. The van der Waals surface area contributed by atoms with Crippen LogP contribution in [0.3, 0.4) is 0 Å². The molecule has 0 radical (unpaired) electrons. The molecule has 0 aromatic rings. The van der Waals surface area contributed by atoms with Gasteiger partial charge < -0.3 is 28.8 Å². The van der Waals surface area contributed by atoms with Gasteiger partial charge in [0.15, 0.2) is 0 Å². The van der Waals surface area contributed by atoms with Crippen molar-refractivity contribution in [2.24, 2.45) is 0 Å². The van der Waals surface area contributed by atoms with Crippen molar-refractivity contribution in [1.82, 2.24) is 5.32 Å². The number of carbonyl (C=O) groups is 1. The van der Waals surface area contributed by atoms with Gasteiger partial charge in [0, 0.05) is 6.42 Å². The van der Waals surface area contributed by atoms with E-state index in [1.807, 2.05) is 21.1 Å². The highest BCUT2D eigenvalue weighted by Gasteiger charge is 2.24. The number of phosphoric acid groups is 1. The Morgan fingerprint density at radius 3 is 1.95 bits per heavy atom. The van der Waals surface area contributed by atoms with Crippen LogP contribution in [0, 0.1) is 0 Å². The molecule has 2 N–H and O–H groups in total. The summed E-state index contributed by atoms with van der Waals surface area (Å²) in [5.74, 6) is -0.181. The second kappa shape index (κ2) is 26.6. The molecular formula is C33H67N2O6P. The topological polar surface area (TPSA) is 108 Å². The first-order chi connectivity index (χ1) is 20.0. The fourth-order valence-corrected chi connectivity index (χ4v) is 5.41. The molecule has 0 aliphatic rings. The van der Waals surface area contributed by atoms with Gasteiger partial charge in [-0.1, -0.05) is 116 Å². The molecule has 0 spiro atoms. The Labute approximate surface area is 259 Å². The monoisotopic (exact) mass is 618 g/mol. The van der Waals surface area contributed by atoms with Gasteiger partial charge in [0.05, 0.1) is 39.9 Å². The van der Waals surface area contributed by atoms with Gasteiger partial charge >= 0.3 is 0 Å². The van der Waals surface area contributed by atoms with Crippen LogP contribution in [0.15, 0.2) is 12.2 Å². The van der Waals surface area contributed by atoms with Gasteiger partial charge in [-0.25, -0.2) is 0 Å². The van der Waals surface area contributed by atoms with Gasteiger partial charge in [0.25, 0.3) is 7.82 Å². The molecule has 250 valence electrons. The maximum absolute atomic E-state index is 12.7. The average Bonchev–Trinajstić information content (AvgIpc) is 2.92. The van der Waals surface area contributed by atoms with E-state index in [4.69, 9.17) is 9.05 Å². The summed E-state index contributed by atoms with van der Waals surface area (Å²) in [7, 11) is 1.29. The lowest BCUT2D eigenvalue weighted by atomic mass is 10.0. The van der Waals surface area contributed by atoms with Crippen LogP contribution in [0.4, 0.5) is 0 Å². The molecule has 0 saturated carbocycles. The molecule has 9 heteroatoms. The van der Waals surface area contributed by atoms with Crippen LogP contribution in [-0.4, -0.2) is 68.5 Å². The van der Waals surface area contributed by atoms with E-state index in [1.54, 1.807) is 0 Å². The minimum atomic E-state index is -4.54. The zero-order valence-electron chi connectivity index (χ0n) is 28.0. The molecule has 0 rings (SSSR count). The Morgan fingerprint density at radius 2 is 1.36 bits per heavy atom. The Morgan fingerprint density at radius 1 is 0.810 bits per heavy atom. The van der Waals surface area contributed by atoms with Crippen LogP contribution < -0.4 is 10.2 Å². The summed E-state index contributed by atoms with van der Waals surface area (Å²) in [6.45, 7) is 4.60. The van der Waals surface area contributed by atoms with Gasteiger partial charge in [-0.3, -0.25) is 9.36 Å². The number of allylic oxidation sites excluding steroid dienone is 2. The number of hydrogen-bond donors (Lipinski definition) is 2. The van der Waals surface area contributed by atoms with Gasteiger partial charge in [-0.05, 0) is 32.1 Å². The lowest BCUT2D eigenvalue weighted by molar-refractivity contribution is -0.870. The van der Waals surface area contributed by atoms with E-state index < -0.39 is 20.0 Å². The van der Waals surface area contributed by atoms with E-state index >= 15 is 0 Å². The number of unbranched alkanes of at least 4 members (excludes halogenated alkanes) is 15. The summed E-state index contributed by atoms with van der Waals surface area (Å²) < 4.78 is 23.0. The predicted molar refractivity (Wildman–Crippen MR) is 173 cm³/mol. The minimum absolute atomic E-state index is 0.0114. The summed E-state index contributed by atoms with van der Waals surface area (Å²) >= 11 is 0. The lowest BCUT2D eigenvalue weighted by Gasteiger charge is -2.30. The summed E-state index contributed by atoms with van der Waals surface area (Å²) in [4.78, 5) is 25.0. The molecule has 0 aliphatic carbocycles. The first kappa shape index (κ1) is 41.2. The molecule has 0 bridgehead atoms. The fraction of sp³-hybridized carbons (Fsp3) is 0.909. The number of carbonyl (C=O) groups excluding carboxylic acids is 1. The predicted octanol–water partition coefficient (Wildman–Crippen LogP) is 7.44. The molecule has 0 fully saturated rings. The van der Waals surface area contributed by atoms with Crippen molar-refractivity contribution in [2.45, 2.75) is 154 Å². The van der Waals surface area contributed by atoms with Crippen molar-refractivity contribution in [3.8, 4) is 0 Å². The number of likely N-dealkylation sites (N-methyl/N-ethyl adjacent to an activating group) is 1. The lowest BCUT2D eigenvalue weighted by Crippen LogP contribution is -2.46. The number of amides is 1. The van der Waals surface area contributed by atoms with Crippen LogP contribution in [0.25, 0.3) is 0 Å². The number of nitrogens with zero attached hydrogens (tertiary/aromatic N) is 1. The molecule has 0 aromatic heterocycles. The van der Waals surface area contributed by atoms with E-state index in [1.165, 1.54) is 57.8 Å². The van der Waals surface area contributed by atoms with Crippen LogP contribution in [0.5, 0.6) is 0 Å². The van der Waals surface area contributed by atoms with E-state index in [2.05, 4.69) is 31.3 Å². The van der Waals surface area contributed by atoms with Crippen molar-refractivity contribution in [3.05, 3.63) is 12.2 Å². The number of phosphoric ester groups is 1. The zero-order chi connectivity index (χ0) is 31.5. The van der Waals surface area contributed by atoms with Crippen molar-refractivity contribution in [1.29, 1.82) is 0 Å². The second-order valence-electron chi connectivity index (χ2n) is 12.9. The third-order valence-electron chi connectivity index (χ3n) is 7.48. The maximum atomic E-state index is 12.7. The number of nitrogens with one attached hydrogen (secondary N) is 1. The summed E-state index contributed by atoms with van der Waals surface area (Å²) in [6, 6.07) is -0.796. The molecule has 0 aromatic carbocycles. The molecule has 3 unspecified atom stereocenters. The number of rotatable bonds is 30. The average molecular weight is 619 g/mol. The van der Waals surface area contributed by atoms with Crippen LogP contribution in [0.1, 0.15) is 142 Å². The van der Waals surface area contributed by atoms with E-state index in [0.717, 1.165) is 57.8 Å². The Balaban J connectivity index is 4.56. The van der Waals surface area contributed by atoms with Crippen molar-refractivity contribution < 1.29 is 32.9 Å². The summed E-state index contributed by atoms with van der Waals surface area (Å²) in [5, 5.41) is 13.7. The molecule has 8 nitrogen and oxygen atoms in total. The van der Waals surface area contributed by atoms with Gasteiger partial charge in [-0.2, -0.15) is 0 Å². The highest BCUT2D eigenvalue weighted by Crippen LogP contribution is 2.38. The molecular weight excluding hydrogens is 551 g/mol. The molecule has 3 atom stereocenters. The highest BCUT2D eigenvalue weighted by atomic mass is 31.2. The molecule has 0 heterocycles. The third-order valence-corrected chi connectivity index (χ3v) is 8.45. The van der Waals surface area contributed by atoms with Gasteiger partial charge in [-0.15, -0.1) is 0 Å². The minimum Gasteiger partial charge on any atom is -0.756 e. The first-order valence-electron chi connectivity index (χ1n) is 17.0. The molecule has 1 amide bonds. The van der Waals surface area contributed by atoms with Crippen molar-refractivity contribution in [2.75, 3.05) is 40.9 Å². The van der Waals surface area contributed by atoms with Crippen molar-refractivity contribution >= 4 is 13.7 Å². The molecule has 0 saturated heterocycles. The third kappa shape index (κ3) is 28.0. The standard InChI is InChI=1S/C33H67N2O6P/c1-6-8-10-12-14-16-18-20-22-24-26-32(36)31(30-41-42(38,39)40-29-28-35(3,4)5)34-33(37)27-25-23-21-19-17-15-13-11-9-7-2/h11,13,31-32,36H,6-10,12,14-30H2,1-5H3,(H-,34,37,38,39)/b13-11-. The smallest absolute Gasteiger partial charge is 0.268 e. The van der Waals surface area contributed by atoms with Gasteiger partial charge in [0.2, 0.25) is 5.91 Å². The molecule has 0 aliphatic heterocycles. The number of aliphatic hydroxyl groups excluding tert-OH is 1. The summed E-state index contributed by atoms with van der Waals surface area (Å²) in [6.07, 6.45) is 25.0. The fourth-order valence-electron chi connectivity index (χ4n) is 4.69. The highest BCUT2D eigenvalue weighted by molar-refractivity contribution is 7.45. The summed E-state index contributed by atoms with van der Waals surface area (Å²) in [5.41, 5.74) is 0. The quantitative estimate of drug-likeness (QED) is 0.0375. The Hall–Kier alpha value is -0.760. The number of aliphatic hydroxyl groups is 1. The van der Waals surface area contributed by atoms with E-state index in [0.29, 0.717) is 23.9 Å². The normalized spacial score (nSPS) is 15.1. The Bertz CT molecular complexity index is 713. The number of quaternary nitrogens is 1. The first-order valence-corrected chi connectivity index (χ1v) is 18.5. The van der Waals surface area contributed by atoms with E-state index in [9.17, 15) is 19.4 Å². The van der Waals surface area contributed by atoms with Crippen molar-refractivity contribution in [3.63, 3.8) is 0 Å². The molecule has 42 heavy (non-hydrogen) atoms. The van der Waals surface area contributed by atoms with Crippen LogP contribution >= 0.6 is 7.82 Å². The van der Waals surface area contributed by atoms with Crippen LogP contribution in [0.2, 0.25) is 0 Å². The Kier molecular flexibility index (Phi) is 26.1. The second-order valence-corrected chi connectivity index (χ2v) is 14.3. The largest absolute Gasteiger partial charge is 0.756 e. The zero-order valence-corrected chi connectivity index (χ0v) is 28.9. The van der Waals surface area contributed by atoms with Crippen LogP contribution in [-0.2, 0) is 18.4 Å².